The van der Waals surface area contributed by atoms with Gasteiger partial charge in [-0.3, -0.25) is 4.90 Å². The van der Waals surface area contributed by atoms with E-state index >= 15 is 0 Å². The molecule has 0 atom stereocenters. The van der Waals surface area contributed by atoms with Crippen LogP contribution >= 0.6 is 0 Å². The first kappa shape index (κ1) is 11.2. The van der Waals surface area contributed by atoms with Crippen molar-refractivity contribution >= 4 is 0 Å². The largest absolute Gasteiger partial charge is 0.325 e. The van der Waals surface area contributed by atoms with Gasteiger partial charge in [0.15, 0.2) is 0 Å². The van der Waals surface area contributed by atoms with Crippen LogP contribution in [-0.2, 0) is 13.0 Å². The van der Waals surface area contributed by atoms with Gasteiger partial charge < -0.3 is 5.73 Å². The van der Waals surface area contributed by atoms with Gasteiger partial charge in [0.05, 0.1) is 0 Å². The minimum atomic E-state index is 0.126. The van der Waals surface area contributed by atoms with Crippen LogP contribution in [0.4, 0.5) is 0 Å². The van der Waals surface area contributed by atoms with Crippen LogP contribution in [-0.4, -0.2) is 23.5 Å². The highest BCUT2D eigenvalue weighted by Gasteiger charge is 2.38. The Hall–Kier alpha value is -0.860. The Morgan fingerprint density at radius 1 is 1.06 bits per heavy atom. The average molecular weight is 230 g/mol. The second-order valence-electron chi connectivity index (χ2n) is 5.79. The zero-order valence-electron chi connectivity index (χ0n) is 10.5. The molecule has 2 aliphatic rings. The summed E-state index contributed by atoms with van der Waals surface area (Å²) in [5.74, 6) is 0. The summed E-state index contributed by atoms with van der Waals surface area (Å²) in [5, 5.41) is 0. The van der Waals surface area contributed by atoms with Gasteiger partial charge in [0.1, 0.15) is 0 Å². The number of hydrogen-bond acceptors (Lipinski definition) is 2. The van der Waals surface area contributed by atoms with E-state index in [1.807, 2.05) is 0 Å². The third-order valence-electron chi connectivity index (χ3n) is 4.15. The van der Waals surface area contributed by atoms with E-state index in [9.17, 15) is 0 Å². The summed E-state index contributed by atoms with van der Waals surface area (Å²) in [6.45, 7) is 3.65. The summed E-state index contributed by atoms with van der Waals surface area (Å²) in [7, 11) is 0. The maximum Gasteiger partial charge on any atom is 0.0236 e. The van der Waals surface area contributed by atoms with Crippen LogP contribution in [0.2, 0.25) is 0 Å². The maximum absolute atomic E-state index is 6.24. The summed E-state index contributed by atoms with van der Waals surface area (Å²) < 4.78 is 0. The van der Waals surface area contributed by atoms with Gasteiger partial charge in [-0.2, -0.15) is 0 Å². The second-order valence-corrected chi connectivity index (χ2v) is 5.79. The molecule has 0 radical (unpaired) electrons. The SMILES string of the molecule is NC1(Cc2ccccc2CN2CCCC2)CC1. The van der Waals surface area contributed by atoms with Gasteiger partial charge in [-0.05, 0) is 56.3 Å². The Morgan fingerprint density at radius 2 is 1.71 bits per heavy atom. The lowest BCUT2D eigenvalue weighted by molar-refractivity contribution is 0.330. The van der Waals surface area contributed by atoms with Crippen LogP contribution in [0.25, 0.3) is 0 Å². The summed E-state index contributed by atoms with van der Waals surface area (Å²) in [6, 6.07) is 8.84. The molecule has 0 bridgehead atoms. The molecule has 1 aromatic rings. The Labute approximate surface area is 104 Å². The summed E-state index contributed by atoms with van der Waals surface area (Å²) in [6.07, 6.45) is 6.19. The molecule has 1 aromatic carbocycles. The number of nitrogens with zero attached hydrogens (tertiary/aromatic N) is 1. The highest BCUT2D eigenvalue weighted by atomic mass is 15.1. The van der Waals surface area contributed by atoms with Crippen LogP contribution < -0.4 is 5.73 Å². The Balaban J connectivity index is 1.73. The maximum atomic E-state index is 6.24. The summed E-state index contributed by atoms with van der Waals surface area (Å²) >= 11 is 0. The molecule has 0 aromatic heterocycles. The Bertz CT molecular complexity index is 390. The molecule has 2 nitrogen and oxygen atoms in total. The number of benzene rings is 1. The van der Waals surface area contributed by atoms with Crippen molar-refractivity contribution in [3.8, 4) is 0 Å². The summed E-state index contributed by atoms with van der Waals surface area (Å²) in [5.41, 5.74) is 9.33. The predicted octanol–water partition coefficient (Wildman–Crippen LogP) is 2.32. The molecule has 0 unspecified atom stereocenters. The topological polar surface area (TPSA) is 29.3 Å². The lowest BCUT2D eigenvalue weighted by Gasteiger charge is -2.19. The minimum Gasteiger partial charge on any atom is -0.325 e. The molecule has 1 saturated heterocycles. The summed E-state index contributed by atoms with van der Waals surface area (Å²) in [4.78, 5) is 2.56. The van der Waals surface area contributed by atoms with E-state index in [0.29, 0.717) is 0 Å². The Morgan fingerprint density at radius 3 is 2.35 bits per heavy atom. The van der Waals surface area contributed by atoms with Gasteiger partial charge in [-0.25, -0.2) is 0 Å². The van der Waals surface area contributed by atoms with E-state index in [0.717, 1.165) is 13.0 Å². The van der Waals surface area contributed by atoms with E-state index in [4.69, 9.17) is 5.73 Å². The van der Waals surface area contributed by atoms with Crippen molar-refractivity contribution in [2.45, 2.75) is 44.2 Å². The Kier molecular flexibility index (Phi) is 2.93. The molecule has 3 rings (SSSR count). The van der Waals surface area contributed by atoms with Gasteiger partial charge in [0.2, 0.25) is 0 Å². The van der Waals surface area contributed by atoms with Gasteiger partial charge in [-0.15, -0.1) is 0 Å². The molecule has 0 spiro atoms. The smallest absolute Gasteiger partial charge is 0.0236 e. The monoisotopic (exact) mass is 230 g/mol. The van der Waals surface area contributed by atoms with Crippen molar-refractivity contribution in [3.63, 3.8) is 0 Å². The van der Waals surface area contributed by atoms with E-state index in [-0.39, 0.29) is 5.54 Å². The van der Waals surface area contributed by atoms with Gasteiger partial charge in [0.25, 0.3) is 0 Å². The van der Waals surface area contributed by atoms with Gasteiger partial charge in [0, 0.05) is 12.1 Å². The molecule has 17 heavy (non-hydrogen) atoms. The lowest BCUT2D eigenvalue weighted by Crippen LogP contribution is -2.26. The zero-order chi connectivity index (χ0) is 11.7. The lowest BCUT2D eigenvalue weighted by atomic mass is 9.99. The fourth-order valence-corrected chi connectivity index (χ4v) is 2.78. The third-order valence-corrected chi connectivity index (χ3v) is 4.15. The van der Waals surface area contributed by atoms with E-state index < -0.39 is 0 Å². The average Bonchev–Trinajstić information content (AvgIpc) is 2.85. The highest BCUT2D eigenvalue weighted by Crippen LogP contribution is 2.36. The molecule has 92 valence electrons. The van der Waals surface area contributed by atoms with Crippen molar-refractivity contribution in [2.24, 2.45) is 5.73 Å². The molecule has 1 saturated carbocycles. The second kappa shape index (κ2) is 4.43. The third kappa shape index (κ3) is 2.70. The van der Waals surface area contributed by atoms with Crippen LogP contribution in [0, 0.1) is 0 Å². The van der Waals surface area contributed by atoms with E-state index in [2.05, 4.69) is 29.2 Å². The highest BCUT2D eigenvalue weighted by molar-refractivity contribution is 5.30. The van der Waals surface area contributed by atoms with E-state index in [1.165, 1.54) is 49.9 Å². The molecule has 1 aliphatic carbocycles. The first-order valence-corrected chi connectivity index (χ1v) is 6.83. The number of hydrogen-bond donors (Lipinski definition) is 1. The fourth-order valence-electron chi connectivity index (χ4n) is 2.78. The molecule has 2 heteroatoms. The first-order chi connectivity index (χ1) is 8.25. The molecule has 1 aliphatic heterocycles. The predicted molar refractivity (Wildman–Crippen MR) is 70.8 cm³/mol. The van der Waals surface area contributed by atoms with Crippen LogP contribution in [0.3, 0.4) is 0 Å². The minimum absolute atomic E-state index is 0.126. The van der Waals surface area contributed by atoms with Crippen molar-refractivity contribution in [1.29, 1.82) is 0 Å². The van der Waals surface area contributed by atoms with Crippen molar-refractivity contribution < 1.29 is 0 Å². The molecule has 2 fully saturated rings. The van der Waals surface area contributed by atoms with E-state index in [1.54, 1.807) is 0 Å². The molecular formula is C15H22N2. The fraction of sp³-hybridized carbons (Fsp3) is 0.600. The normalized spacial score (nSPS) is 22.9. The van der Waals surface area contributed by atoms with Crippen LogP contribution in [0.5, 0.6) is 0 Å². The van der Waals surface area contributed by atoms with Crippen LogP contribution in [0.15, 0.2) is 24.3 Å². The van der Waals surface area contributed by atoms with Crippen molar-refractivity contribution in [1.82, 2.24) is 4.90 Å². The quantitative estimate of drug-likeness (QED) is 0.860. The van der Waals surface area contributed by atoms with Gasteiger partial charge >= 0.3 is 0 Å². The molecule has 2 N–H and O–H groups in total. The zero-order valence-corrected chi connectivity index (χ0v) is 10.5. The first-order valence-electron chi connectivity index (χ1n) is 6.83. The number of rotatable bonds is 4. The molecule has 1 heterocycles. The molecule has 0 amide bonds. The number of likely N-dealkylation sites (tertiary alicyclic amines) is 1. The number of nitrogens with two attached hydrogens (primary N) is 1. The van der Waals surface area contributed by atoms with Crippen molar-refractivity contribution in [3.05, 3.63) is 35.4 Å². The van der Waals surface area contributed by atoms with Gasteiger partial charge in [-0.1, -0.05) is 24.3 Å². The van der Waals surface area contributed by atoms with Crippen LogP contribution in [0.1, 0.15) is 36.8 Å². The standard InChI is InChI=1S/C15H22N2/c16-15(7-8-15)11-13-5-1-2-6-14(13)12-17-9-3-4-10-17/h1-2,5-6H,3-4,7-12,16H2. The molecular weight excluding hydrogens is 208 g/mol. The van der Waals surface area contributed by atoms with Crippen molar-refractivity contribution in [2.75, 3.05) is 13.1 Å².